The van der Waals surface area contributed by atoms with Gasteiger partial charge in [-0.05, 0) is 49.7 Å². The third-order valence-electron chi connectivity index (χ3n) is 5.32. The van der Waals surface area contributed by atoms with Gasteiger partial charge < -0.3 is 24.3 Å². The second-order valence-electron chi connectivity index (χ2n) is 8.29. The zero-order chi connectivity index (χ0) is 22.7. The Labute approximate surface area is 188 Å². The number of amides is 1. The third-order valence-corrected chi connectivity index (χ3v) is 5.32. The standard InChI is InChI=1S/C26H27NO5/c1-26(2)15-19-6-5-7-22(24(19)32-26)31-16-17-8-10-18(11-9-17)25(28)27-21-13-12-20(29-3)14-23(21)30-4/h5-14H,15-16H2,1-4H3,(H,27,28). The molecule has 0 spiro atoms. The Hall–Kier alpha value is -3.67. The number of rotatable bonds is 7. The maximum absolute atomic E-state index is 12.7. The smallest absolute Gasteiger partial charge is 0.255 e. The lowest BCUT2D eigenvalue weighted by Crippen LogP contribution is -2.24. The van der Waals surface area contributed by atoms with Gasteiger partial charge in [0.2, 0.25) is 0 Å². The predicted molar refractivity (Wildman–Crippen MR) is 123 cm³/mol. The number of hydrogen-bond donors (Lipinski definition) is 1. The van der Waals surface area contributed by atoms with E-state index >= 15 is 0 Å². The summed E-state index contributed by atoms with van der Waals surface area (Å²) >= 11 is 0. The molecule has 1 N–H and O–H groups in total. The van der Waals surface area contributed by atoms with E-state index in [2.05, 4.69) is 25.2 Å². The maximum Gasteiger partial charge on any atom is 0.255 e. The zero-order valence-corrected chi connectivity index (χ0v) is 18.7. The Kier molecular flexibility index (Phi) is 5.95. The van der Waals surface area contributed by atoms with Crippen molar-refractivity contribution in [2.24, 2.45) is 0 Å². The van der Waals surface area contributed by atoms with Crippen LogP contribution in [0.25, 0.3) is 0 Å². The summed E-state index contributed by atoms with van der Waals surface area (Å²) < 4.78 is 22.6. The summed E-state index contributed by atoms with van der Waals surface area (Å²) in [4.78, 5) is 12.7. The van der Waals surface area contributed by atoms with Crippen LogP contribution >= 0.6 is 0 Å². The van der Waals surface area contributed by atoms with Gasteiger partial charge in [0.1, 0.15) is 23.7 Å². The summed E-state index contributed by atoms with van der Waals surface area (Å²) in [5.74, 6) is 2.52. The van der Waals surface area contributed by atoms with E-state index in [1.807, 2.05) is 24.3 Å². The van der Waals surface area contributed by atoms with E-state index < -0.39 is 0 Å². The van der Waals surface area contributed by atoms with Crippen LogP contribution in [-0.4, -0.2) is 25.7 Å². The first-order valence-electron chi connectivity index (χ1n) is 10.4. The summed E-state index contributed by atoms with van der Waals surface area (Å²) in [5, 5.41) is 2.87. The van der Waals surface area contributed by atoms with Crippen LogP contribution in [0.2, 0.25) is 0 Å². The number of methoxy groups -OCH3 is 2. The highest BCUT2D eigenvalue weighted by Crippen LogP contribution is 2.42. The number of benzene rings is 3. The van der Waals surface area contributed by atoms with Crippen LogP contribution in [-0.2, 0) is 13.0 Å². The molecule has 0 aromatic heterocycles. The van der Waals surface area contributed by atoms with Crippen molar-refractivity contribution in [1.29, 1.82) is 0 Å². The molecule has 3 aromatic carbocycles. The van der Waals surface area contributed by atoms with Gasteiger partial charge in [0, 0.05) is 23.6 Å². The van der Waals surface area contributed by atoms with Gasteiger partial charge in [0.15, 0.2) is 11.5 Å². The second-order valence-corrected chi connectivity index (χ2v) is 8.29. The maximum atomic E-state index is 12.7. The molecule has 6 heteroatoms. The van der Waals surface area contributed by atoms with Crippen molar-refractivity contribution in [3.05, 3.63) is 77.4 Å². The van der Waals surface area contributed by atoms with E-state index in [1.165, 1.54) is 0 Å². The minimum Gasteiger partial charge on any atom is -0.497 e. The van der Waals surface area contributed by atoms with Crippen molar-refractivity contribution in [3.63, 3.8) is 0 Å². The zero-order valence-electron chi connectivity index (χ0n) is 18.7. The molecule has 0 atom stereocenters. The van der Waals surface area contributed by atoms with Crippen LogP contribution in [0.4, 0.5) is 5.69 Å². The Morgan fingerprint density at radius 3 is 2.50 bits per heavy atom. The Bertz CT molecular complexity index is 1120. The summed E-state index contributed by atoms with van der Waals surface area (Å²) in [6.07, 6.45) is 0.863. The topological polar surface area (TPSA) is 66.0 Å². The van der Waals surface area contributed by atoms with Gasteiger partial charge in [-0.1, -0.05) is 24.3 Å². The lowest BCUT2D eigenvalue weighted by atomic mass is 10.0. The largest absolute Gasteiger partial charge is 0.497 e. The molecule has 166 valence electrons. The number of fused-ring (bicyclic) bond motifs is 1. The number of hydrogen-bond acceptors (Lipinski definition) is 5. The van der Waals surface area contributed by atoms with Gasteiger partial charge in [0.25, 0.3) is 5.91 Å². The number of carbonyl (C=O) groups is 1. The first-order valence-corrected chi connectivity index (χ1v) is 10.4. The molecule has 0 bridgehead atoms. The van der Waals surface area contributed by atoms with Crippen molar-refractivity contribution in [2.45, 2.75) is 32.5 Å². The number of para-hydroxylation sites is 1. The average molecular weight is 434 g/mol. The van der Waals surface area contributed by atoms with E-state index in [4.69, 9.17) is 18.9 Å². The highest BCUT2D eigenvalue weighted by atomic mass is 16.5. The van der Waals surface area contributed by atoms with E-state index in [0.29, 0.717) is 29.4 Å². The quantitative estimate of drug-likeness (QED) is 0.551. The van der Waals surface area contributed by atoms with Gasteiger partial charge >= 0.3 is 0 Å². The van der Waals surface area contributed by atoms with Crippen LogP contribution in [0, 0.1) is 0 Å². The number of nitrogens with one attached hydrogen (secondary N) is 1. The molecule has 0 unspecified atom stereocenters. The predicted octanol–water partition coefficient (Wildman–Crippen LogP) is 5.25. The molecule has 0 fully saturated rings. The molecule has 3 aromatic rings. The lowest BCUT2D eigenvalue weighted by Gasteiger charge is -2.18. The van der Waals surface area contributed by atoms with Gasteiger partial charge in [-0.3, -0.25) is 4.79 Å². The summed E-state index contributed by atoms with van der Waals surface area (Å²) in [6, 6.07) is 18.5. The van der Waals surface area contributed by atoms with Gasteiger partial charge in [0.05, 0.1) is 19.9 Å². The minimum absolute atomic E-state index is 0.219. The van der Waals surface area contributed by atoms with Crippen molar-refractivity contribution in [2.75, 3.05) is 19.5 Å². The first kappa shape index (κ1) is 21.6. The molecule has 0 saturated carbocycles. The van der Waals surface area contributed by atoms with Crippen molar-refractivity contribution >= 4 is 11.6 Å². The number of carbonyl (C=O) groups excluding carboxylic acids is 1. The molecule has 32 heavy (non-hydrogen) atoms. The van der Waals surface area contributed by atoms with Crippen LogP contribution in [0.3, 0.4) is 0 Å². The van der Waals surface area contributed by atoms with E-state index in [9.17, 15) is 4.79 Å². The van der Waals surface area contributed by atoms with Gasteiger partial charge in [-0.2, -0.15) is 0 Å². The summed E-state index contributed by atoms with van der Waals surface area (Å²) in [5.41, 5.74) is 3.01. The fraction of sp³-hybridized carbons (Fsp3) is 0.269. The monoisotopic (exact) mass is 433 g/mol. The van der Waals surface area contributed by atoms with E-state index in [0.717, 1.165) is 29.0 Å². The molecule has 0 saturated heterocycles. The normalized spacial score (nSPS) is 13.6. The van der Waals surface area contributed by atoms with Crippen LogP contribution in [0.15, 0.2) is 60.7 Å². The Morgan fingerprint density at radius 2 is 1.78 bits per heavy atom. The van der Waals surface area contributed by atoms with Crippen LogP contribution in [0.5, 0.6) is 23.0 Å². The molecule has 1 aliphatic heterocycles. The van der Waals surface area contributed by atoms with Crippen molar-refractivity contribution < 1.29 is 23.7 Å². The van der Waals surface area contributed by atoms with Crippen molar-refractivity contribution in [1.82, 2.24) is 0 Å². The SMILES string of the molecule is COc1ccc(NC(=O)c2ccc(COc3cccc4c3OC(C)(C)C4)cc2)c(OC)c1. The average Bonchev–Trinajstić information content (AvgIpc) is 3.12. The summed E-state index contributed by atoms with van der Waals surface area (Å²) in [6.45, 7) is 4.53. The first-order chi connectivity index (χ1) is 15.4. The molecule has 4 rings (SSSR count). The molecule has 0 aliphatic carbocycles. The van der Waals surface area contributed by atoms with E-state index in [-0.39, 0.29) is 11.5 Å². The van der Waals surface area contributed by atoms with Crippen LogP contribution < -0.4 is 24.3 Å². The molecular weight excluding hydrogens is 406 g/mol. The summed E-state index contributed by atoms with van der Waals surface area (Å²) in [7, 11) is 3.13. The van der Waals surface area contributed by atoms with Gasteiger partial charge in [-0.25, -0.2) is 0 Å². The van der Waals surface area contributed by atoms with Gasteiger partial charge in [-0.15, -0.1) is 0 Å². The fourth-order valence-electron chi connectivity index (χ4n) is 3.71. The highest BCUT2D eigenvalue weighted by Gasteiger charge is 2.32. The molecular formula is C26H27NO5. The number of ether oxygens (including phenoxy) is 4. The highest BCUT2D eigenvalue weighted by molar-refractivity contribution is 6.05. The van der Waals surface area contributed by atoms with Crippen LogP contribution in [0.1, 0.15) is 35.3 Å². The molecule has 0 radical (unpaired) electrons. The Morgan fingerprint density at radius 1 is 1.00 bits per heavy atom. The fourth-order valence-corrected chi connectivity index (χ4v) is 3.71. The molecule has 1 aliphatic rings. The van der Waals surface area contributed by atoms with Crippen molar-refractivity contribution in [3.8, 4) is 23.0 Å². The molecule has 1 amide bonds. The molecule has 1 heterocycles. The lowest BCUT2D eigenvalue weighted by molar-refractivity contribution is 0.102. The minimum atomic E-state index is -0.225. The third kappa shape index (κ3) is 4.64. The molecule has 6 nitrogen and oxygen atoms in total. The second kappa shape index (κ2) is 8.83. The number of anilines is 1. The van der Waals surface area contributed by atoms with E-state index in [1.54, 1.807) is 44.6 Å². The Balaban J connectivity index is 1.40.